The van der Waals surface area contributed by atoms with Crippen molar-refractivity contribution in [1.82, 2.24) is 4.98 Å². The summed E-state index contributed by atoms with van der Waals surface area (Å²) in [7, 11) is 1.65. The van der Waals surface area contributed by atoms with Crippen LogP contribution in [0.2, 0.25) is 0 Å². The van der Waals surface area contributed by atoms with Gasteiger partial charge < -0.3 is 4.74 Å². The Kier molecular flexibility index (Phi) is 2.22. The smallest absolute Gasteiger partial charge is 0.0945 e. The molecule has 2 nitrogen and oxygen atoms in total. The van der Waals surface area contributed by atoms with Gasteiger partial charge in [-0.05, 0) is 6.07 Å². The molecule has 0 unspecified atom stereocenters. The molecule has 0 amide bonds. The molecule has 1 aromatic heterocycles. The van der Waals surface area contributed by atoms with Gasteiger partial charge in [0.1, 0.15) is 0 Å². The lowest BCUT2D eigenvalue weighted by Gasteiger charge is -1.93. The molecule has 0 spiro atoms. The molecule has 47 valence electrons. The fraction of sp³-hybridized carbons (Fsp3) is 0.286. The van der Waals surface area contributed by atoms with E-state index in [-0.39, 0.29) is 0 Å². The number of ether oxygens (including phenoxy) is 1. The molecule has 0 saturated heterocycles. The Morgan fingerprint density at radius 2 is 2.67 bits per heavy atom. The van der Waals surface area contributed by atoms with Crippen LogP contribution >= 0.6 is 0 Å². The maximum absolute atomic E-state index is 4.86. The number of hydrogen-bond donors (Lipinski definition) is 0. The molecule has 0 aliphatic rings. The first-order valence-electron chi connectivity index (χ1n) is 2.74. The van der Waals surface area contributed by atoms with Crippen LogP contribution in [0, 0.1) is 6.20 Å². The molecule has 0 atom stereocenters. The molecule has 1 rings (SSSR count). The van der Waals surface area contributed by atoms with Crippen molar-refractivity contribution in [1.29, 1.82) is 0 Å². The average Bonchev–Trinajstić information content (AvgIpc) is 1.91. The van der Waals surface area contributed by atoms with Crippen LogP contribution in [-0.2, 0) is 11.3 Å². The van der Waals surface area contributed by atoms with E-state index in [4.69, 9.17) is 4.74 Å². The third-order valence-corrected chi connectivity index (χ3v) is 0.966. The number of hydrogen-bond acceptors (Lipinski definition) is 2. The fourth-order valence-electron chi connectivity index (χ4n) is 0.596. The van der Waals surface area contributed by atoms with Crippen molar-refractivity contribution in [3.05, 3.63) is 30.1 Å². The van der Waals surface area contributed by atoms with Crippen molar-refractivity contribution in [2.75, 3.05) is 7.11 Å². The lowest BCUT2D eigenvalue weighted by Crippen LogP contribution is -1.86. The zero-order chi connectivity index (χ0) is 6.53. The summed E-state index contributed by atoms with van der Waals surface area (Å²) < 4.78 is 4.86. The first-order chi connectivity index (χ1) is 4.43. The molecular weight excluding hydrogens is 114 g/mol. The average molecular weight is 122 g/mol. The van der Waals surface area contributed by atoms with E-state index in [1.165, 1.54) is 0 Å². The molecule has 0 aliphatic carbocycles. The van der Waals surface area contributed by atoms with Crippen LogP contribution in [0.4, 0.5) is 0 Å². The Morgan fingerprint density at radius 1 is 1.78 bits per heavy atom. The van der Waals surface area contributed by atoms with Gasteiger partial charge in [-0.25, -0.2) is 0 Å². The summed E-state index contributed by atoms with van der Waals surface area (Å²) >= 11 is 0. The summed E-state index contributed by atoms with van der Waals surface area (Å²) in [5.74, 6) is 0. The van der Waals surface area contributed by atoms with Gasteiger partial charge in [-0.1, -0.05) is 6.07 Å². The van der Waals surface area contributed by atoms with Crippen molar-refractivity contribution < 1.29 is 4.74 Å². The van der Waals surface area contributed by atoms with Gasteiger partial charge in [0, 0.05) is 18.9 Å². The number of rotatable bonds is 2. The number of aromatic nitrogens is 1. The van der Waals surface area contributed by atoms with Crippen LogP contribution in [0.5, 0.6) is 0 Å². The summed E-state index contributed by atoms with van der Waals surface area (Å²) in [6.45, 7) is 0.591. The standard InChI is InChI=1S/C7H8NO/c1-9-6-7-3-2-4-8-5-7/h2-4H,6H2,1H3. The monoisotopic (exact) mass is 122 g/mol. The van der Waals surface area contributed by atoms with E-state index < -0.39 is 0 Å². The molecule has 2 heteroatoms. The molecule has 0 fully saturated rings. The van der Waals surface area contributed by atoms with Crippen molar-refractivity contribution in [2.24, 2.45) is 0 Å². The molecular formula is C7H8NO. The van der Waals surface area contributed by atoms with Crippen molar-refractivity contribution >= 4 is 0 Å². The second kappa shape index (κ2) is 3.20. The van der Waals surface area contributed by atoms with E-state index >= 15 is 0 Å². The molecule has 1 heterocycles. The van der Waals surface area contributed by atoms with Gasteiger partial charge in [0.15, 0.2) is 0 Å². The van der Waals surface area contributed by atoms with Crippen LogP contribution in [0.25, 0.3) is 0 Å². The summed E-state index contributed by atoms with van der Waals surface area (Å²) in [4.78, 5) is 3.80. The molecule has 0 aliphatic heterocycles. The Balaban J connectivity index is 2.61. The van der Waals surface area contributed by atoms with Crippen molar-refractivity contribution in [3.63, 3.8) is 0 Å². The molecule has 0 N–H and O–H groups in total. The summed E-state index contributed by atoms with van der Waals surface area (Å²) in [6.07, 6.45) is 4.49. The fourth-order valence-corrected chi connectivity index (χ4v) is 0.596. The highest BCUT2D eigenvalue weighted by molar-refractivity contribution is 5.04. The summed E-state index contributed by atoms with van der Waals surface area (Å²) in [5, 5.41) is 0. The predicted molar refractivity (Wildman–Crippen MR) is 33.8 cm³/mol. The van der Waals surface area contributed by atoms with E-state index in [1.54, 1.807) is 13.3 Å². The van der Waals surface area contributed by atoms with Crippen LogP contribution < -0.4 is 0 Å². The van der Waals surface area contributed by atoms with E-state index in [0.717, 1.165) is 5.56 Å². The van der Waals surface area contributed by atoms with E-state index in [0.29, 0.717) is 6.61 Å². The van der Waals surface area contributed by atoms with Gasteiger partial charge in [-0.15, -0.1) is 0 Å². The normalized spacial score (nSPS) is 9.44. The molecule has 1 radical (unpaired) electrons. The van der Waals surface area contributed by atoms with Gasteiger partial charge >= 0.3 is 0 Å². The molecule has 1 aromatic rings. The van der Waals surface area contributed by atoms with Crippen LogP contribution in [0.1, 0.15) is 5.56 Å². The second-order valence-corrected chi connectivity index (χ2v) is 1.71. The van der Waals surface area contributed by atoms with Gasteiger partial charge in [0.25, 0.3) is 0 Å². The first-order valence-corrected chi connectivity index (χ1v) is 2.74. The predicted octanol–water partition coefficient (Wildman–Crippen LogP) is 1.03. The van der Waals surface area contributed by atoms with E-state index in [2.05, 4.69) is 11.2 Å². The zero-order valence-corrected chi connectivity index (χ0v) is 5.29. The number of nitrogens with zero attached hydrogens (tertiary/aromatic N) is 1. The molecule has 0 saturated carbocycles. The third kappa shape index (κ3) is 1.82. The van der Waals surface area contributed by atoms with Gasteiger partial charge in [-0.2, -0.15) is 0 Å². The maximum Gasteiger partial charge on any atom is 0.0945 e. The van der Waals surface area contributed by atoms with Gasteiger partial charge in [0.05, 0.1) is 12.8 Å². The minimum atomic E-state index is 0.591. The molecule has 0 aromatic carbocycles. The number of pyridine rings is 1. The Hall–Kier alpha value is -0.890. The SMILES string of the molecule is COCc1[c]nccc1. The summed E-state index contributed by atoms with van der Waals surface area (Å²) in [6, 6.07) is 3.79. The minimum absolute atomic E-state index is 0.591. The van der Waals surface area contributed by atoms with E-state index in [1.807, 2.05) is 12.1 Å². The minimum Gasteiger partial charge on any atom is -0.380 e. The van der Waals surface area contributed by atoms with E-state index in [9.17, 15) is 0 Å². The van der Waals surface area contributed by atoms with Crippen LogP contribution in [-0.4, -0.2) is 12.1 Å². The third-order valence-electron chi connectivity index (χ3n) is 0.966. The Bertz CT molecular complexity index is 162. The molecule has 0 bridgehead atoms. The molecule has 9 heavy (non-hydrogen) atoms. The van der Waals surface area contributed by atoms with Crippen LogP contribution in [0.15, 0.2) is 18.3 Å². The zero-order valence-electron chi connectivity index (χ0n) is 5.29. The topological polar surface area (TPSA) is 22.1 Å². The first kappa shape index (κ1) is 6.23. The lowest BCUT2D eigenvalue weighted by molar-refractivity contribution is 0.184. The Morgan fingerprint density at radius 3 is 3.22 bits per heavy atom. The highest BCUT2D eigenvalue weighted by Crippen LogP contribution is 1.94. The van der Waals surface area contributed by atoms with Crippen molar-refractivity contribution in [3.8, 4) is 0 Å². The van der Waals surface area contributed by atoms with Crippen LogP contribution in [0.3, 0.4) is 0 Å². The largest absolute Gasteiger partial charge is 0.380 e. The van der Waals surface area contributed by atoms with Gasteiger partial charge in [0.2, 0.25) is 0 Å². The second-order valence-electron chi connectivity index (χ2n) is 1.71. The Labute approximate surface area is 54.5 Å². The lowest BCUT2D eigenvalue weighted by atomic mass is 10.3. The summed E-state index contributed by atoms with van der Waals surface area (Å²) in [5.41, 5.74) is 0.986. The number of methoxy groups -OCH3 is 1. The van der Waals surface area contributed by atoms with Crippen molar-refractivity contribution in [2.45, 2.75) is 6.61 Å². The highest BCUT2D eigenvalue weighted by Gasteiger charge is 1.86. The highest BCUT2D eigenvalue weighted by atomic mass is 16.5. The van der Waals surface area contributed by atoms with Gasteiger partial charge in [-0.3, -0.25) is 4.98 Å². The maximum atomic E-state index is 4.86. The quantitative estimate of drug-likeness (QED) is 0.584.